The molecule has 1 heterocycles. The van der Waals surface area contributed by atoms with Crippen LogP contribution in [0, 0.1) is 0 Å². The lowest BCUT2D eigenvalue weighted by Gasteiger charge is -2.35. The molecule has 4 nitrogen and oxygen atoms in total. The van der Waals surface area contributed by atoms with Crippen molar-refractivity contribution >= 4 is 11.6 Å². The highest BCUT2D eigenvalue weighted by atomic mass is 35.5. The van der Waals surface area contributed by atoms with Crippen molar-refractivity contribution in [3.05, 3.63) is 28.8 Å². The molecule has 0 amide bonds. The number of hydrogen-bond acceptors (Lipinski definition) is 4. The van der Waals surface area contributed by atoms with Crippen LogP contribution in [0.4, 0.5) is 0 Å². The fourth-order valence-electron chi connectivity index (χ4n) is 2.57. The van der Waals surface area contributed by atoms with Gasteiger partial charge in [-0.2, -0.15) is 0 Å². The summed E-state index contributed by atoms with van der Waals surface area (Å²) in [6.45, 7) is 5.82. The second-order valence-electron chi connectivity index (χ2n) is 5.13. The van der Waals surface area contributed by atoms with Crippen molar-refractivity contribution < 1.29 is 9.47 Å². The Morgan fingerprint density at radius 3 is 3.05 bits per heavy atom. The fourth-order valence-corrected chi connectivity index (χ4v) is 2.76. The lowest BCUT2D eigenvalue weighted by molar-refractivity contribution is -0.0386. The van der Waals surface area contributed by atoms with Gasteiger partial charge in [0.05, 0.1) is 19.8 Å². The first-order valence-electron chi connectivity index (χ1n) is 7.06. The zero-order valence-electron chi connectivity index (χ0n) is 12.1. The summed E-state index contributed by atoms with van der Waals surface area (Å²) in [5, 5.41) is 0.702. The molecule has 0 spiro atoms. The predicted octanol–water partition coefficient (Wildman–Crippen LogP) is 1.94. The van der Waals surface area contributed by atoms with Gasteiger partial charge >= 0.3 is 0 Å². The van der Waals surface area contributed by atoms with Crippen molar-refractivity contribution in [1.29, 1.82) is 0 Å². The van der Waals surface area contributed by atoms with Gasteiger partial charge in [0.15, 0.2) is 0 Å². The van der Waals surface area contributed by atoms with Crippen molar-refractivity contribution in [3.63, 3.8) is 0 Å². The number of nitrogens with zero attached hydrogens (tertiary/aromatic N) is 1. The van der Waals surface area contributed by atoms with E-state index in [4.69, 9.17) is 26.8 Å². The first-order valence-corrected chi connectivity index (χ1v) is 7.43. The molecule has 1 aromatic carbocycles. The summed E-state index contributed by atoms with van der Waals surface area (Å²) < 4.78 is 11.2. The molecular weight excluding hydrogens is 276 g/mol. The highest BCUT2D eigenvalue weighted by Gasteiger charge is 2.26. The highest BCUT2D eigenvalue weighted by molar-refractivity contribution is 6.30. The maximum absolute atomic E-state index is 6.32. The van der Waals surface area contributed by atoms with Crippen LogP contribution in [0.15, 0.2) is 18.2 Å². The molecule has 1 aliphatic heterocycles. The summed E-state index contributed by atoms with van der Waals surface area (Å²) in [5.74, 6) is 0.827. The SMILES string of the molecule is CCN1CCOC(C(N)Cc2cc(Cl)ccc2OC)C1. The van der Waals surface area contributed by atoms with Crippen molar-refractivity contribution in [3.8, 4) is 5.75 Å². The molecule has 112 valence electrons. The van der Waals surface area contributed by atoms with E-state index < -0.39 is 0 Å². The molecule has 5 heteroatoms. The molecule has 20 heavy (non-hydrogen) atoms. The van der Waals surface area contributed by atoms with Crippen molar-refractivity contribution in [2.45, 2.75) is 25.5 Å². The lowest BCUT2D eigenvalue weighted by Crippen LogP contribution is -2.51. The molecule has 1 fully saturated rings. The number of ether oxygens (including phenoxy) is 2. The molecule has 1 saturated heterocycles. The van der Waals surface area contributed by atoms with Crippen molar-refractivity contribution in [1.82, 2.24) is 4.90 Å². The molecule has 0 saturated carbocycles. The van der Waals surface area contributed by atoms with E-state index in [9.17, 15) is 0 Å². The molecular formula is C15H23ClN2O2. The zero-order valence-corrected chi connectivity index (χ0v) is 12.9. The fraction of sp³-hybridized carbons (Fsp3) is 0.600. The molecule has 1 aromatic rings. The van der Waals surface area contributed by atoms with Gasteiger partial charge in [-0.25, -0.2) is 0 Å². The highest BCUT2D eigenvalue weighted by Crippen LogP contribution is 2.24. The smallest absolute Gasteiger partial charge is 0.122 e. The van der Waals surface area contributed by atoms with Gasteiger partial charge in [0.2, 0.25) is 0 Å². The maximum Gasteiger partial charge on any atom is 0.122 e. The molecule has 0 bridgehead atoms. The van der Waals surface area contributed by atoms with Crippen LogP contribution in [0.5, 0.6) is 5.75 Å². The zero-order chi connectivity index (χ0) is 14.5. The quantitative estimate of drug-likeness (QED) is 0.902. The Hall–Kier alpha value is -0.810. The molecule has 2 rings (SSSR count). The number of nitrogens with two attached hydrogens (primary N) is 1. The minimum absolute atomic E-state index is 0.0586. The van der Waals surface area contributed by atoms with Crippen molar-refractivity contribution in [2.75, 3.05) is 33.4 Å². The minimum atomic E-state index is -0.0586. The van der Waals surface area contributed by atoms with Gasteiger partial charge in [0.1, 0.15) is 5.75 Å². The van der Waals surface area contributed by atoms with Crippen LogP contribution in [0.3, 0.4) is 0 Å². The Balaban J connectivity index is 2.03. The van der Waals surface area contributed by atoms with Crippen LogP contribution in [-0.4, -0.2) is 50.4 Å². The standard InChI is InChI=1S/C15H23ClN2O2/c1-3-18-6-7-20-15(10-18)13(17)9-11-8-12(16)4-5-14(11)19-2/h4-5,8,13,15H,3,6-7,9-10,17H2,1-2H3. The number of halogens is 1. The maximum atomic E-state index is 6.32. The second kappa shape index (κ2) is 7.27. The largest absolute Gasteiger partial charge is 0.496 e. The van der Waals surface area contributed by atoms with Gasteiger partial charge in [-0.15, -0.1) is 0 Å². The normalized spacial score (nSPS) is 21.7. The average Bonchev–Trinajstić information content (AvgIpc) is 2.47. The van der Waals surface area contributed by atoms with Crippen LogP contribution in [-0.2, 0) is 11.2 Å². The van der Waals surface area contributed by atoms with E-state index in [0.29, 0.717) is 11.4 Å². The summed E-state index contributed by atoms with van der Waals surface area (Å²) in [5.41, 5.74) is 7.35. The van der Waals surface area contributed by atoms with Crippen LogP contribution >= 0.6 is 11.6 Å². The minimum Gasteiger partial charge on any atom is -0.496 e. The Morgan fingerprint density at radius 2 is 2.35 bits per heavy atom. The summed E-state index contributed by atoms with van der Waals surface area (Å²) in [6.07, 6.45) is 0.763. The van der Waals surface area contributed by atoms with Gasteiger partial charge < -0.3 is 15.2 Å². The molecule has 2 atom stereocenters. The van der Waals surface area contributed by atoms with E-state index in [-0.39, 0.29) is 12.1 Å². The van der Waals surface area contributed by atoms with E-state index in [2.05, 4.69) is 11.8 Å². The van der Waals surface area contributed by atoms with Crippen LogP contribution in [0.25, 0.3) is 0 Å². The third-order valence-corrected chi connectivity index (χ3v) is 4.04. The predicted molar refractivity (Wildman–Crippen MR) is 81.5 cm³/mol. The average molecular weight is 299 g/mol. The monoisotopic (exact) mass is 298 g/mol. The van der Waals surface area contributed by atoms with Gasteiger partial charge in [-0.1, -0.05) is 18.5 Å². The summed E-state index contributed by atoms with van der Waals surface area (Å²) in [7, 11) is 1.66. The number of benzene rings is 1. The van der Waals surface area contributed by atoms with E-state index in [1.165, 1.54) is 0 Å². The summed E-state index contributed by atoms with van der Waals surface area (Å²) in [4.78, 5) is 2.36. The molecule has 0 radical (unpaired) electrons. The molecule has 0 aromatic heterocycles. The van der Waals surface area contributed by atoms with Crippen molar-refractivity contribution in [2.24, 2.45) is 5.73 Å². The van der Waals surface area contributed by atoms with E-state index in [1.54, 1.807) is 7.11 Å². The van der Waals surface area contributed by atoms with Gasteiger partial charge in [0, 0.05) is 24.2 Å². The van der Waals surface area contributed by atoms with Crippen LogP contribution in [0.2, 0.25) is 5.02 Å². The number of likely N-dealkylation sites (N-methyl/N-ethyl adjacent to an activating group) is 1. The third kappa shape index (κ3) is 3.85. The second-order valence-corrected chi connectivity index (χ2v) is 5.56. The Bertz CT molecular complexity index is 442. The number of morpholine rings is 1. The summed E-state index contributed by atoms with van der Waals surface area (Å²) >= 11 is 6.05. The van der Waals surface area contributed by atoms with Gasteiger partial charge in [-0.3, -0.25) is 4.90 Å². The Labute approximate surface area is 125 Å². The van der Waals surface area contributed by atoms with E-state index in [0.717, 1.165) is 37.6 Å². The van der Waals surface area contributed by atoms with E-state index in [1.807, 2.05) is 18.2 Å². The number of rotatable bonds is 5. The molecule has 1 aliphatic rings. The van der Waals surface area contributed by atoms with E-state index >= 15 is 0 Å². The summed E-state index contributed by atoms with van der Waals surface area (Å²) in [6, 6.07) is 5.56. The molecule has 0 aliphatic carbocycles. The Morgan fingerprint density at radius 1 is 1.55 bits per heavy atom. The van der Waals surface area contributed by atoms with Crippen LogP contribution in [0.1, 0.15) is 12.5 Å². The van der Waals surface area contributed by atoms with Gasteiger partial charge in [0.25, 0.3) is 0 Å². The number of hydrogen-bond donors (Lipinski definition) is 1. The molecule has 2 unspecified atom stereocenters. The first-order chi connectivity index (χ1) is 9.63. The first kappa shape index (κ1) is 15.6. The Kier molecular flexibility index (Phi) is 5.66. The topological polar surface area (TPSA) is 47.7 Å². The third-order valence-electron chi connectivity index (χ3n) is 3.80. The van der Waals surface area contributed by atoms with Crippen LogP contribution < -0.4 is 10.5 Å². The lowest BCUT2D eigenvalue weighted by atomic mass is 10.00. The van der Waals surface area contributed by atoms with Gasteiger partial charge in [-0.05, 0) is 36.7 Å². The number of methoxy groups -OCH3 is 1. The molecule has 2 N–H and O–H groups in total.